The fraction of sp³-hybridized carbons (Fsp3) is 0.412. The molecule has 0 spiro atoms. The van der Waals surface area contributed by atoms with Crippen LogP contribution >= 0.6 is 0 Å². The summed E-state index contributed by atoms with van der Waals surface area (Å²) in [4.78, 5) is 28.1. The van der Waals surface area contributed by atoms with E-state index in [0.717, 1.165) is 28.6 Å². The molecular weight excluding hydrogens is 310 g/mol. The lowest BCUT2D eigenvalue weighted by Crippen LogP contribution is -2.56. The quantitative estimate of drug-likeness (QED) is 0.734. The number of hydrogen-bond donors (Lipinski definition) is 3. The van der Waals surface area contributed by atoms with Gasteiger partial charge in [-0.2, -0.15) is 0 Å². The summed E-state index contributed by atoms with van der Waals surface area (Å²) in [5.74, 6) is -0.303. The van der Waals surface area contributed by atoms with Crippen molar-refractivity contribution in [2.24, 2.45) is 0 Å². The largest absolute Gasteiger partial charge is 0.497 e. The van der Waals surface area contributed by atoms with Gasteiger partial charge in [-0.1, -0.05) is 0 Å². The van der Waals surface area contributed by atoms with Gasteiger partial charge in [-0.05, 0) is 24.1 Å². The average Bonchev–Trinajstić information content (AvgIpc) is 2.97. The number of aromatic nitrogens is 1. The van der Waals surface area contributed by atoms with Crippen molar-refractivity contribution in [2.45, 2.75) is 18.9 Å². The summed E-state index contributed by atoms with van der Waals surface area (Å²) < 4.78 is 5.22. The number of fused-ring (bicyclic) bond motifs is 1. The second kappa shape index (κ2) is 6.92. The predicted molar refractivity (Wildman–Crippen MR) is 89.2 cm³/mol. The van der Waals surface area contributed by atoms with Crippen molar-refractivity contribution in [3.63, 3.8) is 0 Å². The highest BCUT2D eigenvalue weighted by Gasteiger charge is 2.29. The van der Waals surface area contributed by atoms with E-state index in [1.807, 2.05) is 24.4 Å². The topological polar surface area (TPSA) is 94.7 Å². The molecule has 1 saturated heterocycles. The molecule has 1 aliphatic heterocycles. The van der Waals surface area contributed by atoms with Crippen molar-refractivity contribution in [3.05, 3.63) is 30.0 Å². The summed E-state index contributed by atoms with van der Waals surface area (Å²) in [6.45, 7) is 1.80. The monoisotopic (exact) mass is 331 g/mol. The number of rotatable bonds is 6. The minimum absolute atomic E-state index is 0.134. The first kappa shape index (κ1) is 16.3. The predicted octanol–water partition coefficient (Wildman–Crippen LogP) is 0.994. The van der Waals surface area contributed by atoms with Gasteiger partial charge in [-0.3, -0.25) is 9.59 Å². The number of aliphatic carboxylic acids is 1. The van der Waals surface area contributed by atoms with Crippen LogP contribution in [0.4, 0.5) is 0 Å². The number of piperazine rings is 1. The summed E-state index contributed by atoms with van der Waals surface area (Å²) in [5.41, 5.74) is 2.13. The van der Waals surface area contributed by atoms with E-state index in [0.29, 0.717) is 19.6 Å². The average molecular weight is 331 g/mol. The Hall–Kier alpha value is -2.54. The molecule has 2 heterocycles. The van der Waals surface area contributed by atoms with Crippen LogP contribution in [0.1, 0.15) is 12.0 Å². The number of carboxylic acid groups (broad SMARTS) is 1. The Labute approximate surface area is 139 Å². The first-order chi connectivity index (χ1) is 11.6. The summed E-state index contributed by atoms with van der Waals surface area (Å²) in [5, 5.41) is 13.0. The number of methoxy groups -OCH3 is 1. The van der Waals surface area contributed by atoms with Crippen molar-refractivity contribution >= 4 is 22.8 Å². The summed E-state index contributed by atoms with van der Waals surface area (Å²) in [7, 11) is 1.63. The molecule has 1 aliphatic rings. The van der Waals surface area contributed by atoms with E-state index in [-0.39, 0.29) is 12.3 Å². The van der Waals surface area contributed by atoms with E-state index in [9.17, 15) is 9.59 Å². The molecule has 1 aromatic heterocycles. The number of carbonyl (C=O) groups is 2. The third kappa shape index (κ3) is 3.35. The lowest BCUT2D eigenvalue weighted by molar-refractivity contribution is -0.144. The highest BCUT2D eigenvalue weighted by Crippen LogP contribution is 2.23. The van der Waals surface area contributed by atoms with Crippen LogP contribution in [0, 0.1) is 0 Å². The van der Waals surface area contributed by atoms with Gasteiger partial charge >= 0.3 is 5.97 Å². The molecule has 24 heavy (non-hydrogen) atoms. The normalized spacial score (nSPS) is 18.1. The number of carboxylic acids is 1. The van der Waals surface area contributed by atoms with Gasteiger partial charge in [0, 0.05) is 42.8 Å². The number of hydrogen-bond acceptors (Lipinski definition) is 4. The molecule has 7 heteroatoms. The Balaban J connectivity index is 1.67. The van der Waals surface area contributed by atoms with Crippen LogP contribution in [0.2, 0.25) is 0 Å². The van der Waals surface area contributed by atoms with Crippen LogP contribution in [-0.2, 0) is 16.0 Å². The molecule has 0 aliphatic carbocycles. The van der Waals surface area contributed by atoms with E-state index < -0.39 is 12.0 Å². The summed E-state index contributed by atoms with van der Waals surface area (Å²) in [6.07, 6.45) is 2.49. The number of H-pyrrole nitrogens is 1. The van der Waals surface area contributed by atoms with Crippen molar-refractivity contribution in [2.75, 3.05) is 26.7 Å². The van der Waals surface area contributed by atoms with Gasteiger partial charge in [-0.25, -0.2) is 0 Å². The zero-order chi connectivity index (χ0) is 17.1. The molecule has 1 atom stereocenters. The van der Waals surface area contributed by atoms with Gasteiger partial charge in [0.15, 0.2) is 0 Å². The van der Waals surface area contributed by atoms with Crippen LogP contribution in [0.5, 0.6) is 5.75 Å². The number of amides is 1. The van der Waals surface area contributed by atoms with Gasteiger partial charge in [0.05, 0.1) is 19.6 Å². The van der Waals surface area contributed by atoms with Crippen molar-refractivity contribution in [3.8, 4) is 5.75 Å². The minimum Gasteiger partial charge on any atom is -0.497 e. The van der Waals surface area contributed by atoms with Crippen molar-refractivity contribution in [1.29, 1.82) is 0 Å². The Bertz CT molecular complexity index is 755. The summed E-state index contributed by atoms with van der Waals surface area (Å²) in [6, 6.07) is 5.24. The number of nitrogens with zero attached hydrogens (tertiary/aromatic N) is 1. The fourth-order valence-corrected chi connectivity index (χ4v) is 3.10. The number of carbonyl (C=O) groups excluding carboxylic acids is 1. The third-order valence-corrected chi connectivity index (χ3v) is 4.39. The van der Waals surface area contributed by atoms with Crippen LogP contribution in [0.25, 0.3) is 10.9 Å². The van der Waals surface area contributed by atoms with E-state index in [1.54, 1.807) is 12.0 Å². The molecule has 0 bridgehead atoms. The Morgan fingerprint density at radius 1 is 1.46 bits per heavy atom. The first-order valence-electron chi connectivity index (χ1n) is 7.96. The molecule has 0 saturated carbocycles. The van der Waals surface area contributed by atoms with Crippen LogP contribution in [0.3, 0.4) is 0 Å². The number of ether oxygens (including phenoxy) is 1. The number of benzene rings is 1. The first-order valence-corrected chi connectivity index (χ1v) is 7.96. The molecule has 7 nitrogen and oxygen atoms in total. The molecule has 1 aromatic carbocycles. The molecular formula is C17H21N3O4. The molecule has 2 aromatic rings. The van der Waals surface area contributed by atoms with E-state index in [2.05, 4.69) is 10.3 Å². The zero-order valence-corrected chi connectivity index (χ0v) is 13.5. The van der Waals surface area contributed by atoms with E-state index in [1.165, 1.54) is 0 Å². The smallest absolute Gasteiger partial charge is 0.305 e. The Kier molecular flexibility index (Phi) is 4.71. The van der Waals surface area contributed by atoms with Gasteiger partial charge in [0.1, 0.15) is 5.75 Å². The standard InChI is InChI=1S/C17H21N3O4/c1-24-12-2-3-13-11(10-19-14(13)8-12)4-6-20-7-5-18-15(17(20)23)9-16(21)22/h2-3,8,10,15,18-19H,4-7,9H2,1H3,(H,21,22). The second-order valence-electron chi connectivity index (χ2n) is 5.91. The minimum atomic E-state index is -0.965. The molecule has 1 fully saturated rings. The Morgan fingerprint density at radius 3 is 3.04 bits per heavy atom. The van der Waals surface area contributed by atoms with Gasteiger partial charge in [-0.15, -0.1) is 0 Å². The second-order valence-corrected chi connectivity index (χ2v) is 5.91. The van der Waals surface area contributed by atoms with Crippen molar-refractivity contribution in [1.82, 2.24) is 15.2 Å². The molecule has 128 valence electrons. The molecule has 3 N–H and O–H groups in total. The van der Waals surface area contributed by atoms with E-state index in [4.69, 9.17) is 9.84 Å². The molecule has 1 amide bonds. The maximum absolute atomic E-state index is 12.3. The highest BCUT2D eigenvalue weighted by atomic mass is 16.5. The van der Waals surface area contributed by atoms with Crippen LogP contribution < -0.4 is 10.1 Å². The van der Waals surface area contributed by atoms with Gasteiger partial charge < -0.3 is 25.0 Å². The highest BCUT2D eigenvalue weighted by molar-refractivity contribution is 5.87. The number of aromatic amines is 1. The Morgan fingerprint density at radius 2 is 2.29 bits per heavy atom. The molecule has 1 unspecified atom stereocenters. The lowest BCUT2D eigenvalue weighted by atomic mass is 10.1. The number of nitrogens with one attached hydrogen (secondary N) is 2. The maximum Gasteiger partial charge on any atom is 0.305 e. The fourth-order valence-electron chi connectivity index (χ4n) is 3.10. The zero-order valence-electron chi connectivity index (χ0n) is 13.5. The third-order valence-electron chi connectivity index (χ3n) is 4.39. The van der Waals surface area contributed by atoms with Gasteiger partial charge in [0.25, 0.3) is 0 Å². The molecule has 0 radical (unpaired) electrons. The van der Waals surface area contributed by atoms with Gasteiger partial charge in [0.2, 0.25) is 5.91 Å². The molecule has 3 rings (SSSR count). The van der Waals surface area contributed by atoms with Crippen LogP contribution in [0.15, 0.2) is 24.4 Å². The van der Waals surface area contributed by atoms with E-state index >= 15 is 0 Å². The maximum atomic E-state index is 12.3. The van der Waals surface area contributed by atoms with Crippen LogP contribution in [-0.4, -0.2) is 59.7 Å². The summed E-state index contributed by atoms with van der Waals surface area (Å²) >= 11 is 0. The SMILES string of the molecule is COc1ccc2c(CCN3CCNC(CC(=O)O)C3=O)c[nH]c2c1. The van der Waals surface area contributed by atoms with Crippen molar-refractivity contribution < 1.29 is 19.4 Å². The lowest BCUT2D eigenvalue weighted by Gasteiger charge is -2.32.